The summed E-state index contributed by atoms with van der Waals surface area (Å²) in [6, 6.07) is 4.09. The highest BCUT2D eigenvalue weighted by Crippen LogP contribution is 2.21. The van der Waals surface area contributed by atoms with Crippen LogP contribution < -0.4 is 0 Å². The standard InChI is InChI=1S/C13H19NO2S/c1-10(15)11-6-7-14(9-11)13(16)5-4-12-3-2-8-17-12/h2-3,8,10-11,15H,4-7,9H2,1H3. The Balaban J connectivity index is 1.77. The number of likely N-dealkylation sites (tertiary alicyclic amines) is 1. The first-order valence-electron chi connectivity index (χ1n) is 6.15. The van der Waals surface area contributed by atoms with Gasteiger partial charge >= 0.3 is 0 Å². The van der Waals surface area contributed by atoms with Gasteiger partial charge in [-0.25, -0.2) is 0 Å². The number of aliphatic hydroxyl groups excluding tert-OH is 1. The van der Waals surface area contributed by atoms with E-state index in [2.05, 4.69) is 6.07 Å². The molecule has 3 nitrogen and oxygen atoms in total. The minimum Gasteiger partial charge on any atom is -0.393 e. The first kappa shape index (κ1) is 12.6. The summed E-state index contributed by atoms with van der Waals surface area (Å²) in [5.74, 6) is 0.488. The van der Waals surface area contributed by atoms with Gasteiger partial charge in [-0.05, 0) is 31.2 Å². The molecule has 1 N–H and O–H groups in total. The van der Waals surface area contributed by atoms with E-state index in [1.165, 1.54) is 4.88 Å². The fourth-order valence-corrected chi connectivity index (χ4v) is 2.96. The van der Waals surface area contributed by atoms with Crippen molar-refractivity contribution in [2.45, 2.75) is 32.3 Å². The molecule has 0 saturated carbocycles. The second-order valence-electron chi connectivity index (χ2n) is 4.71. The van der Waals surface area contributed by atoms with Gasteiger partial charge in [0.15, 0.2) is 0 Å². The second kappa shape index (κ2) is 5.65. The van der Waals surface area contributed by atoms with E-state index in [0.29, 0.717) is 6.42 Å². The summed E-state index contributed by atoms with van der Waals surface area (Å²) in [5.41, 5.74) is 0. The molecule has 1 fully saturated rings. The smallest absolute Gasteiger partial charge is 0.222 e. The summed E-state index contributed by atoms with van der Waals surface area (Å²) in [5, 5.41) is 11.5. The van der Waals surface area contributed by atoms with Gasteiger partial charge in [-0.15, -0.1) is 11.3 Å². The van der Waals surface area contributed by atoms with Crippen LogP contribution >= 0.6 is 11.3 Å². The van der Waals surface area contributed by atoms with Gasteiger partial charge in [0.25, 0.3) is 0 Å². The van der Waals surface area contributed by atoms with E-state index >= 15 is 0 Å². The van der Waals surface area contributed by atoms with Crippen LogP contribution in [0.5, 0.6) is 0 Å². The SMILES string of the molecule is CC(O)C1CCN(C(=O)CCc2cccs2)C1. The molecule has 2 rings (SSSR count). The van der Waals surface area contributed by atoms with Gasteiger partial charge in [-0.3, -0.25) is 4.79 Å². The minimum absolute atomic E-state index is 0.224. The molecule has 0 radical (unpaired) electrons. The number of nitrogens with zero attached hydrogens (tertiary/aromatic N) is 1. The van der Waals surface area contributed by atoms with Crippen molar-refractivity contribution in [2.24, 2.45) is 5.92 Å². The van der Waals surface area contributed by atoms with E-state index in [1.807, 2.05) is 23.3 Å². The van der Waals surface area contributed by atoms with Crippen molar-refractivity contribution in [1.82, 2.24) is 4.90 Å². The Morgan fingerprint density at radius 3 is 3.12 bits per heavy atom. The number of rotatable bonds is 4. The first-order valence-corrected chi connectivity index (χ1v) is 7.03. The van der Waals surface area contributed by atoms with Crippen molar-refractivity contribution >= 4 is 17.2 Å². The predicted molar refractivity (Wildman–Crippen MR) is 69.0 cm³/mol. The van der Waals surface area contributed by atoms with E-state index in [9.17, 15) is 9.90 Å². The molecule has 1 aliphatic rings. The van der Waals surface area contributed by atoms with E-state index < -0.39 is 0 Å². The molecule has 2 unspecified atom stereocenters. The molecule has 1 aromatic heterocycles. The molecular weight excluding hydrogens is 234 g/mol. The topological polar surface area (TPSA) is 40.5 Å². The molecule has 1 amide bonds. The zero-order valence-corrected chi connectivity index (χ0v) is 10.9. The highest BCUT2D eigenvalue weighted by Gasteiger charge is 2.28. The Labute approximate surface area is 106 Å². The lowest BCUT2D eigenvalue weighted by atomic mass is 10.0. The third-order valence-electron chi connectivity index (χ3n) is 3.42. The van der Waals surface area contributed by atoms with Crippen LogP contribution in [-0.4, -0.2) is 35.1 Å². The quantitative estimate of drug-likeness (QED) is 0.890. The van der Waals surface area contributed by atoms with Crippen LogP contribution in [0.4, 0.5) is 0 Å². The molecule has 2 atom stereocenters. The second-order valence-corrected chi connectivity index (χ2v) is 5.74. The fourth-order valence-electron chi connectivity index (χ4n) is 2.25. The Hall–Kier alpha value is -0.870. The molecule has 0 aliphatic carbocycles. The number of carbonyl (C=O) groups excluding carboxylic acids is 1. The summed E-state index contributed by atoms with van der Waals surface area (Å²) in [4.78, 5) is 15.1. The van der Waals surface area contributed by atoms with Crippen LogP contribution in [0.2, 0.25) is 0 Å². The number of thiophene rings is 1. The molecule has 94 valence electrons. The van der Waals surface area contributed by atoms with E-state index in [1.54, 1.807) is 11.3 Å². The molecular formula is C13H19NO2S. The Bertz CT molecular complexity index is 362. The Kier molecular flexibility index (Phi) is 4.18. The summed E-state index contributed by atoms with van der Waals surface area (Å²) < 4.78 is 0. The van der Waals surface area contributed by atoms with Gasteiger partial charge in [-0.2, -0.15) is 0 Å². The maximum Gasteiger partial charge on any atom is 0.222 e. The first-order chi connectivity index (χ1) is 8.16. The van der Waals surface area contributed by atoms with Crippen molar-refractivity contribution < 1.29 is 9.90 Å². The molecule has 0 aromatic carbocycles. The molecule has 17 heavy (non-hydrogen) atoms. The Morgan fingerprint density at radius 2 is 2.53 bits per heavy atom. The molecule has 0 spiro atoms. The minimum atomic E-state index is -0.301. The number of aliphatic hydroxyl groups is 1. The molecule has 1 aromatic rings. The van der Waals surface area contributed by atoms with Crippen LogP contribution in [0.15, 0.2) is 17.5 Å². The highest BCUT2D eigenvalue weighted by molar-refractivity contribution is 7.09. The van der Waals surface area contributed by atoms with Crippen LogP contribution in [-0.2, 0) is 11.2 Å². The Morgan fingerprint density at radius 1 is 1.71 bits per heavy atom. The van der Waals surface area contributed by atoms with Crippen LogP contribution in [0.25, 0.3) is 0 Å². The third-order valence-corrected chi connectivity index (χ3v) is 4.36. The van der Waals surface area contributed by atoms with E-state index in [-0.39, 0.29) is 17.9 Å². The molecule has 1 saturated heterocycles. The lowest BCUT2D eigenvalue weighted by Gasteiger charge is -2.17. The summed E-state index contributed by atoms with van der Waals surface area (Å²) in [6.45, 7) is 3.34. The van der Waals surface area contributed by atoms with Crippen molar-refractivity contribution in [1.29, 1.82) is 0 Å². The number of carbonyl (C=O) groups is 1. The van der Waals surface area contributed by atoms with Crippen molar-refractivity contribution in [3.05, 3.63) is 22.4 Å². The average Bonchev–Trinajstić information content (AvgIpc) is 2.96. The normalized spacial score (nSPS) is 21.8. The number of hydrogen-bond acceptors (Lipinski definition) is 3. The van der Waals surface area contributed by atoms with Gasteiger partial charge < -0.3 is 10.0 Å². The van der Waals surface area contributed by atoms with Crippen LogP contribution in [0, 0.1) is 5.92 Å². The van der Waals surface area contributed by atoms with Crippen LogP contribution in [0.3, 0.4) is 0 Å². The van der Waals surface area contributed by atoms with Gasteiger partial charge in [-0.1, -0.05) is 6.07 Å². The molecule has 4 heteroatoms. The zero-order valence-electron chi connectivity index (χ0n) is 10.1. The lowest BCUT2D eigenvalue weighted by Crippen LogP contribution is -2.30. The largest absolute Gasteiger partial charge is 0.393 e. The monoisotopic (exact) mass is 253 g/mol. The van der Waals surface area contributed by atoms with E-state index in [4.69, 9.17) is 0 Å². The summed E-state index contributed by atoms with van der Waals surface area (Å²) >= 11 is 1.70. The number of aryl methyl sites for hydroxylation is 1. The van der Waals surface area contributed by atoms with Crippen molar-refractivity contribution in [2.75, 3.05) is 13.1 Å². The summed E-state index contributed by atoms with van der Waals surface area (Å²) in [7, 11) is 0. The highest BCUT2D eigenvalue weighted by atomic mass is 32.1. The zero-order chi connectivity index (χ0) is 12.3. The maximum absolute atomic E-state index is 12.0. The van der Waals surface area contributed by atoms with Gasteiger partial charge in [0.1, 0.15) is 0 Å². The van der Waals surface area contributed by atoms with Gasteiger partial charge in [0.2, 0.25) is 5.91 Å². The lowest BCUT2D eigenvalue weighted by molar-refractivity contribution is -0.130. The molecule has 0 bridgehead atoms. The average molecular weight is 253 g/mol. The summed E-state index contributed by atoms with van der Waals surface area (Å²) in [6.07, 6.45) is 2.06. The van der Waals surface area contributed by atoms with Gasteiger partial charge in [0, 0.05) is 30.3 Å². The number of amides is 1. The fraction of sp³-hybridized carbons (Fsp3) is 0.615. The third kappa shape index (κ3) is 3.30. The van der Waals surface area contributed by atoms with Gasteiger partial charge in [0.05, 0.1) is 6.10 Å². The van der Waals surface area contributed by atoms with E-state index in [0.717, 1.165) is 25.9 Å². The van der Waals surface area contributed by atoms with Crippen LogP contribution in [0.1, 0.15) is 24.6 Å². The predicted octanol–water partition coefficient (Wildman–Crippen LogP) is 1.91. The maximum atomic E-state index is 12.0. The molecule has 2 heterocycles. The van der Waals surface area contributed by atoms with Crippen molar-refractivity contribution in [3.8, 4) is 0 Å². The number of hydrogen-bond donors (Lipinski definition) is 1. The molecule has 1 aliphatic heterocycles. The van der Waals surface area contributed by atoms with Crippen molar-refractivity contribution in [3.63, 3.8) is 0 Å².